The Morgan fingerprint density at radius 3 is 3.13 bits per heavy atom. The van der Waals surface area contributed by atoms with Crippen LogP contribution in [0.15, 0.2) is 22.8 Å². The molecule has 0 saturated carbocycles. The van der Waals surface area contributed by atoms with Crippen molar-refractivity contribution in [2.45, 2.75) is 38.3 Å². The first-order valence-corrected chi connectivity index (χ1v) is 5.63. The van der Waals surface area contributed by atoms with Gasteiger partial charge in [0.05, 0.1) is 6.26 Å². The fraction of sp³-hybridized carbons (Fsp3) is 0.667. The summed E-state index contributed by atoms with van der Waals surface area (Å²) in [4.78, 5) is 0. The zero-order valence-corrected chi connectivity index (χ0v) is 9.45. The highest BCUT2D eigenvalue weighted by atomic mass is 16.5. The van der Waals surface area contributed by atoms with Crippen LogP contribution in [0.1, 0.15) is 38.6 Å². The van der Waals surface area contributed by atoms with Gasteiger partial charge in [0.15, 0.2) is 0 Å². The molecule has 0 aliphatic carbocycles. The summed E-state index contributed by atoms with van der Waals surface area (Å²) in [7, 11) is 0. The molecular formula is C12H19NO2. The first-order chi connectivity index (χ1) is 7.23. The van der Waals surface area contributed by atoms with E-state index in [1.165, 1.54) is 0 Å². The molecule has 2 atom stereocenters. The molecule has 3 nitrogen and oxygen atoms in total. The Morgan fingerprint density at radius 2 is 2.47 bits per heavy atom. The Morgan fingerprint density at radius 1 is 1.60 bits per heavy atom. The van der Waals surface area contributed by atoms with E-state index in [-0.39, 0.29) is 11.6 Å². The second-order valence-corrected chi connectivity index (χ2v) is 4.42. The molecule has 0 amide bonds. The molecule has 2 rings (SSSR count). The number of furan rings is 1. The maximum atomic E-state index is 5.79. The Bertz CT molecular complexity index is 297. The standard InChI is InChI=1S/C12H19NO2/c1-3-12(2)6-8-15-11(9-13-12)10-5-4-7-14-10/h4-5,7,11,13H,3,6,8-9H2,1-2H3. The first-order valence-electron chi connectivity index (χ1n) is 5.63. The topological polar surface area (TPSA) is 34.4 Å². The van der Waals surface area contributed by atoms with Crippen molar-refractivity contribution in [2.24, 2.45) is 0 Å². The molecule has 3 heteroatoms. The van der Waals surface area contributed by atoms with Crippen molar-refractivity contribution < 1.29 is 9.15 Å². The van der Waals surface area contributed by atoms with Gasteiger partial charge in [0.25, 0.3) is 0 Å². The molecule has 2 heterocycles. The highest BCUT2D eigenvalue weighted by Gasteiger charge is 2.28. The van der Waals surface area contributed by atoms with Crippen LogP contribution in [0, 0.1) is 0 Å². The van der Waals surface area contributed by atoms with E-state index in [4.69, 9.17) is 9.15 Å². The number of nitrogens with one attached hydrogen (secondary N) is 1. The van der Waals surface area contributed by atoms with Crippen molar-refractivity contribution in [1.82, 2.24) is 5.32 Å². The van der Waals surface area contributed by atoms with E-state index >= 15 is 0 Å². The van der Waals surface area contributed by atoms with Crippen LogP contribution < -0.4 is 5.32 Å². The summed E-state index contributed by atoms with van der Waals surface area (Å²) in [5.74, 6) is 0.919. The summed E-state index contributed by atoms with van der Waals surface area (Å²) in [5, 5.41) is 3.56. The van der Waals surface area contributed by atoms with E-state index in [9.17, 15) is 0 Å². The fourth-order valence-electron chi connectivity index (χ4n) is 1.87. The zero-order chi connectivity index (χ0) is 10.7. The van der Waals surface area contributed by atoms with E-state index in [0.29, 0.717) is 0 Å². The summed E-state index contributed by atoms with van der Waals surface area (Å²) >= 11 is 0. The first kappa shape index (κ1) is 10.7. The lowest BCUT2D eigenvalue weighted by Gasteiger charge is -2.27. The minimum absolute atomic E-state index is 0.0633. The molecule has 1 aliphatic heterocycles. The van der Waals surface area contributed by atoms with Crippen LogP contribution in [0.4, 0.5) is 0 Å². The van der Waals surface area contributed by atoms with Crippen molar-refractivity contribution in [3.8, 4) is 0 Å². The van der Waals surface area contributed by atoms with Gasteiger partial charge in [-0.05, 0) is 31.9 Å². The van der Waals surface area contributed by atoms with Gasteiger partial charge in [0, 0.05) is 18.7 Å². The summed E-state index contributed by atoms with van der Waals surface area (Å²) in [5.41, 5.74) is 0.210. The molecule has 0 radical (unpaired) electrons. The van der Waals surface area contributed by atoms with Gasteiger partial charge in [-0.25, -0.2) is 0 Å². The van der Waals surface area contributed by atoms with Gasteiger partial charge < -0.3 is 14.5 Å². The molecule has 0 aromatic carbocycles. The predicted molar refractivity (Wildman–Crippen MR) is 58.7 cm³/mol. The summed E-state index contributed by atoms with van der Waals surface area (Å²) in [6.07, 6.45) is 3.94. The van der Waals surface area contributed by atoms with Gasteiger partial charge in [-0.3, -0.25) is 0 Å². The molecular weight excluding hydrogens is 190 g/mol. The minimum atomic E-state index is 0.0633. The lowest BCUT2D eigenvalue weighted by molar-refractivity contribution is 0.0502. The van der Waals surface area contributed by atoms with Crippen LogP contribution in [-0.4, -0.2) is 18.7 Å². The normalized spacial score (nSPS) is 32.5. The van der Waals surface area contributed by atoms with Crippen LogP contribution in [0.3, 0.4) is 0 Å². The van der Waals surface area contributed by atoms with Crippen LogP contribution in [0.25, 0.3) is 0 Å². The smallest absolute Gasteiger partial charge is 0.133 e. The predicted octanol–water partition coefficient (Wildman–Crippen LogP) is 2.50. The third kappa shape index (κ3) is 2.41. The lowest BCUT2D eigenvalue weighted by atomic mass is 9.95. The highest BCUT2D eigenvalue weighted by Crippen LogP contribution is 2.25. The molecule has 0 spiro atoms. The number of ether oxygens (including phenoxy) is 1. The van der Waals surface area contributed by atoms with Crippen molar-refractivity contribution in [3.63, 3.8) is 0 Å². The Labute approximate surface area is 90.8 Å². The minimum Gasteiger partial charge on any atom is -0.467 e. The lowest BCUT2D eigenvalue weighted by Crippen LogP contribution is -2.42. The van der Waals surface area contributed by atoms with E-state index < -0.39 is 0 Å². The van der Waals surface area contributed by atoms with Crippen LogP contribution in [-0.2, 0) is 4.74 Å². The van der Waals surface area contributed by atoms with Gasteiger partial charge in [0.2, 0.25) is 0 Å². The second-order valence-electron chi connectivity index (χ2n) is 4.42. The number of rotatable bonds is 2. The second kappa shape index (κ2) is 4.37. The van der Waals surface area contributed by atoms with Gasteiger partial charge in [-0.2, -0.15) is 0 Å². The SMILES string of the molecule is CCC1(C)CCOC(c2ccco2)CN1. The average molecular weight is 209 g/mol. The van der Waals surface area contributed by atoms with Crippen LogP contribution >= 0.6 is 0 Å². The Hall–Kier alpha value is -0.800. The van der Waals surface area contributed by atoms with E-state index in [0.717, 1.165) is 31.8 Å². The molecule has 1 aromatic rings. The molecule has 84 valence electrons. The number of hydrogen-bond donors (Lipinski definition) is 1. The fourth-order valence-corrected chi connectivity index (χ4v) is 1.87. The average Bonchev–Trinajstić information content (AvgIpc) is 2.70. The Kier molecular flexibility index (Phi) is 3.12. The molecule has 15 heavy (non-hydrogen) atoms. The van der Waals surface area contributed by atoms with Crippen LogP contribution in [0.5, 0.6) is 0 Å². The number of hydrogen-bond acceptors (Lipinski definition) is 3. The molecule has 1 saturated heterocycles. The van der Waals surface area contributed by atoms with E-state index in [1.54, 1.807) is 6.26 Å². The quantitative estimate of drug-likeness (QED) is 0.812. The maximum Gasteiger partial charge on any atom is 0.133 e. The van der Waals surface area contributed by atoms with Gasteiger partial charge >= 0.3 is 0 Å². The monoisotopic (exact) mass is 209 g/mol. The maximum absolute atomic E-state index is 5.79. The molecule has 1 N–H and O–H groups in total. The van der Waals surface area contributed by atoms with Crippen molar-refractivity contribution in [3.05, 3.63) is 24.2 Å². The highest BCUT2D eigenvalue weighted by molar-refractivity contribution is 5.04. The van der Waals surface area contributed by atoms with Gasteiger partial charge in [-0.1, -0.05) is 6.92 Å². The van der Waals surface area contributed by atoms with Crippen molar-refractivity contribution in [2.75, 3.05) is 13.2 Å². The van der Waals surface area contributed by atoms with E-state index in [2.05, 4.69) is 19.2 Å². The van der Waals surface area contributed by atoms with Crippen LogP contribution in [0.2, 0.25) is 0 Å². The zero-order valence-electron chi connectivity index (χ0n) is 9.45. The van der Waals surface area contributed by atoms with Crippen molar-refractivity contribution in [1.29, 1.82) is 0 Å². The summed E-state index contributed by atoms with van der Waals surface area (Å²) in [6.45, 7) is 6.08. The summed E-state index contributed by atoms with van der Waals surface area (Å²) in [6, 6.07) is 3.88. The third-order valence-corrected chi connectivity index (χ3v) is 3.33. The summed E-state index contributed by atoms with van der Waals surface area (Å²) < 4.78 is 11.2. The molecule has 1 fully saturated rings. The van der Waals surface area contributed by atoms with E-state index in [1.807, 2.05) is 12.1 Å². The van der Waals surface area contributed by atoms with Gasteiger partial charge in [-0.15, -0.1) is 0 Å². The molecule has 1 aliphatic rings. The molecule has 1 aromatic heterocycles. The molecule has 2 unspecified atom stereocenters. The van der Waals surface area contributed by atoms with Gasteiger partial charge in [0.1, 0.15) is 11.9 Å². The Balaban J connectivity index is 2.02. The molecule has 0 bridgehead atoms. The largest absolute Gasteiger partial charge is 0.467 e. The third-order valence-electron chi connectivity index (χ3n) is 3.33. The van der Waals surface area contributed by atoms with Crippen molar-refractivity contribution >= 4 is 0 Å².